The summed E-state index contributed by atoms with van der Waals surface area (Å²) in [4.78, 5) is 33.7. The van der Waals surface area contributed by atoms with Crippen molar-refractivity contribution >= 4 is 28.8 Å². The van der Waals surface area contributed by atoms with Crippen LogP contribution in [0.4, 0.5) is 5.95 Å². The molecule has 29 heavy (non-hydrogen) atoms. The third kappa shape index (κ3) is 3.99. The van der Waals surface area contributed by atoms with Crippen LogP contribution in [0, 0.1) is 0 Å². The van der Waals surface area contributed by atoms with Gasteiger partial charge in [0.25, 0.3) is 11.8 Å². The summed E-state index contributed by atoms with van der Waals surface area (Å²) in [7, 11) is 0. The summed E-state index contributed by atoms with van der Waals surface area (Å²) in [5.74, 6) is -0.597. The van der Waals surface area contributed by atoms with E-state index in [0.717, 1.165) is 12.0 Å². The van der Waals surface area contributed by atoms with Crippen LogP contribution >= 0.6 is 0 Å². The van der Waals surface area contributed by atoms with Crippen LogP contribution in [0.15, 0.2) is 30.5 Å². The monoisotopic (exact) mass is 393 g/mol. The van der Waals surface area contributed by atoms with Gasteiger partial charge in [-0.1, -0.05) is 26.0 Å². The molecule has 1 aromatic carbocycles. The largest absolute Gasteiger partial charge is 0.366 e. The van der Waals surface area contributed by atoms with E-state index in [1.807, 2.05) is 44.4 Å². The Bertz CT molecular complexity index is 1080. The van der Waals surface area contributed by atoms with Crippen LogP contribution in [0.25, 0.3) is 11.0 Å². The van der Waals surface area contributed by atoms with E-state index in [2.05, 4.69) is 22.2 Å². The second kappa shape index (κ2) is 7.66. The molecule has 0 fully saturated rings. The molecule has 0 bridgehead atoms. The van der Waals surface area contributed by atoms with E-state index < -0.39 is 5.91 Å². The summed E-state index contributed by atoms with van der Waals surface area (Å²) in [6.07, 6.45) is 3.20. The number of aryl methyl sites for hydroxylation is 2. The normalized spacial score (nSPS) is 11.6. The number of nitrogens with zero attached hydrogens (tertiary/aromatic N) is 3. The predicted molar refractivity (Wildman–Crippen MR) is 114 cm³/mol. The summed E-state index contributed by atoms with van der Waals surface area (Å²) in [5.41, 5.74) is 8.60. The number of nitrogens with two attached hydrogens (primary N) is 1. The Balaban J connectivity index is 2.09. The average Bonchev–Trinajstić information content (AvgIpc) is 3.07. The van der Waals surface area contributed by atoms with E-state index in [0.29, 0.717) is 34.3 Å². The van der Waals surface area contributed by atoms with Gasteiger partial charge in [-0.3, -0.25) is 14.9 Å². The average molecular weight is 393 g/mol. The maximum Gasteiger partial charge on any atom is 0.258 e. The summed E-state index contributed by atoms with van der Waals surface area (Å²) < 4.78 is 1.90. The predicted octanol–water partition coefficient (Wildman–Crippen LogP) is 3.66. The van der Waals surface area contributed by atoms with Crippen molar-refractivity contribution in [3.05, 3.63) is 52.8 Å². The molecule has 152 valence electrons. The molecule has 2 amide bonds. The third-order valence-corrected chi connectivity index (χ3v) is 4.89. The van der Waals surface area contributed by atoms with Crippen molar-refractivity contribution < 1.29 is 9.59 Å². The minimum Gasteiger partial charge on any atom is -0.366 e. The number of rotatable bonds is 5. The maximum atomic E-state index is 12.7. The summed E-state index contributed by atoms with van der Waals surface area (Å²) in [6.45, 7) is 10.0. The van der Waals surface area contributed by atoms with Gasteiger partial charge < -0.3 is 10.3 Å². The Kier molecular flexibility index (Phi) is 5.42. The number of primary amides is 1. The molecule has 3 aromatic rings. The fourth-order valence-corrected chi connectivity index (χ4v) is 3.27. The smallest absolute Gasteiger partial charge is 0.258 e. The fraction of sp³-hybridized carbons (Fsp3) is 0.364. The number of anilines is 1. The molecule has 3 N–H and O–H groups in total. The fourth-order valence-electron chi connectivity index (χ4n) is 3.27. The topological polar surface area (TPSA) is 103 Å². The first-order valence-electron chi connectivity index (χ1n) is 9.78. The van der Waals surface area contributed by atoms with Gasteiger partial charge in [0, 0.05) is 17.3 Å². The second-order valence-electron chi connectivity index (χ2n) is 8.00. The van der Waals surface area contributed by atoms with Crippen LogP contribution in [0.3, 0.4) is 0 Å². The lowest BCUT2D eigenvalue weighted by Crippen LogP contribution is -2.22. The molecule has 0 radical (unpaired) electrons. The molecule has 7 nitrogen and oxygen atoms in total. The molecular formula is C22H27N5O2. The molecule has 0 saturated heterocycles. The minimum atomic E-state index is -0.524. The maximum absolute atomic E-state index is 12.7. The van der Waals surface area contributed by atoms with Crippen LogP contribution in [0.2, 0.25) is 0 Å². The lowest BCUT2D eigenvalue weighted by atomic mass is 10.1. The summed E-state index contributed by atoms with van der Waals surface area (Å²) >= 11 is 0. The Morgan fingerprint density at radius 1 is 1.07 bits per heavy atom. The highest BCUT2D eigenvalue weighted by Gasteiger charge is 2.25. The molecule has 0 spiro atoms. The van der Waals surface area contributed by atoms with Crippen molar-refractivity contribution in [2.75, 3.05) is 5.32 Å². The van der Waals surface area contributed by atoms with Gasteiger partial charge in [-0.15, -0.1) is 0 Å². The molecular weight excluding hydrogens is 366 g/mol. The Morgan fingerprint density at radius 3 is 2.24 bits per heavy atom. The van der Waals surface area contributed by atoms with Gasteiger partial charge in [-0.25, -0.2) is 4.98 Å². The highest BCUT2D eigenvalue weighted by molar-refractivity contribution is 6.07. The molecule has 0 aliphatic rings. The van der Waals surface area contributed by atoms with Crippen LogP contribution in [-0.2, 0) is 18.4 Å². The van der Waals surface area contributed by atoms with E-state index in [1.54, 1.807) is 18.3 Å². The molecule has 0 atom stereocenters. The van der Waals surface area contributed by atoms with Crippen LogP contribution < -0.4 is 11.1 Å². The van der Waals surface area contributed by atoms with E-state index in [4.69, 9.17) is 5.73 Å². The Morgan fingerprint density at radius 2 is 1.72 bits per heavy atom. The van der Waals surface area contributed by atoms with E-state index in [-0.39, 0.29) is 17.4 Å². The van der Waals surface area contributed by atoms with Gasteiger partial charge in [-0.2, -0.15) is 4.98 Å². The highest BCUT2D eigenvalue weighted by atomic mass is 16.2. The number of hydrogen-bond acceptors (Lipinski definition) is 4. The molecule has 0 aliphatic carbocycles. The lowest BCUT2D eigenvalue weighted by molar-refractivity contribution is 0.0998. The molecule has 7 heteroatoms. The molecule has 0 aliphatic heterocycles. The molecule has 0 unspecified atom stereocenters. The van der Waals surface area contributed by atoms with E-state index >= 15 is 0 Å². The quantitative estimate of drug-likeness (QED) is 0.690. The molecule has 2 aromatic heterocycles. The zero-order valence-electron chi connectivity index (χ0n) is 17.5. The number of nitrogens with one attached hydrogen (secondary N) is 1. The number of carbonyl (C=O) groups is 2. The van der Waals surface area contributed by atoms with Gasteiger partial charge in [-0.05, 0) is 51.3 Å². The lowest BCUT2D eigenvalue weighted by Gasteiger charge is -2.22. The molecule has 0 saturated carbocycles. The van der Waals surface area contributed by atoms with Gasteiger partial charge in [0.15, 0.2) is 0 Å². The van der Waals surface area contributed by atoms with Crippen molar-refractivity contribution in [2.24, 2.45) is 5.73 Å². The summed E-state index contributed by atoms with van der Waals surface area (Å²) in [6, 6.07) is 7.44. The van der Waals surface area contributed by atoms with Crippen molar-refractivity contribution in [1.82, 2.24) is 14.5 Å². The third-order valence-electron chi connectivity index (χ3n) is 4.89. The Hall–Kier alpha value is -3.22. The number of fused-ring (bicyclic) bond motifs is 1. The zero-order chi connectivity index (χ0) is 21.3. The number of benzene rings is 1. The van der Waals surface area contributed by atoms with Crippen molar-refractivity contribution in [3.8, 4) is 0 Å². The summed E-state index contributed by atoms with van der Waals surface area (Å²) in [5, 5.41) is 3.43. The standard InChI is InChI=1S/C22H27N5O2/c1-6-13-8-10-14(11-9-13)20(29)26-21-24-16(7-2)17-15(18(23)28)12-27(19(17)25-21)22(3,4)5/h8-12H,6-7H2,1-5H3,(H2,23,28)(H,24,25,26,29). The van der Waals surface area contributed by atoms with Gasteiger partial charge in [0.2, 0.25) is 5.95 Å². The van der Waals surface area contributed by atoms with E-state index in [1.165, 1.54) is 0 Å². The number of carbonyl (C=O) groups excluding carboxylic acids is 2. The Labute approximate surface area is 170 Å². The van der Waals surface area contributed by atoms with Gasteiger partial charge in [0.05, 0.1) is 16.6 Å². The number of aromatic nitrogens is 3. The van der Waals surface area contributed by atoms with Crippen molar-refractivity contribution in [3.63, 3.8) is 0 Å². The van der Waals surface area contributed by atoms with Crippen LogP contribution in [-0.4, -0.2) is 26.3 Å². The first-order chi connectivity index (χ1) is 13.7. The van der Waals surface area contributed by atoms with E-state index in [9.17, 15) is 9.59 Å². The van der Waals surface area contributed by atoms with Gasteiger partial charge in [0.1, 0.15) is 5.65 Å². The van der Waals surface area contributed by atoms with Crippen LogP contribution in [0.5, 0.6) is 0 Å². The number of hydrogen-bond donors (Lipinski definition) is 2. The SMILES string of the molecule is CCc1ccc(C(=O)Nc2nc(CC)c3c(C(N)=O)cn(C(C)(C)C)c3n2)cc1. The molecule has 3 rings (SSSR count). The minimum absolute atomic E-state index is 0.207. The van der Waals surface area contributed by atoms with Crippen molar-refractivity contribution in [2.45, 2.75) is 53.0 Å². The van der Waals surface area contributed by atoms with Crippen LogP contribution in [0.1, 0.15) is 66.6 Å². The van der Waals surface area contributed by atoms with Gasteiger partial charge >= 0.3 is 0 Å². The first kappa shape index (κ1) is 20.5. The van der Waals surface area contributed by atoms with Crippen molar-refractivity contribution in [1.29, 1.82) is 0 Å². The zero-order valence-corrected chi connectivity index (χ0v) is 17.5. The first-order valence-corrected chi connectivity index (χ1v) is 9.78. The molecule has 2 heterocycles. The highest BCUT2D eigenvalue weighted by Crippen LogP contribution is 2.29. The second-order valence-corrected chi connectivity index (χ2v) is 8.00. The number of amides is 2.